The van der Waals surface area contributed by atoms with Crippen molar-refractivity contribution in [2.24, 2.45) is 5.41 Å². The molecule has 0 saturated carbocycles. The Bertz CT molecular complexity index is 257. The van der Waals surface area contributed by atoms with E-state index in [4.69, 9.17) is 0 Å². The molecule has 0 N–H and O–H groups in total. The van der Waals surface area contributed by atoms with Crippen LogP contribution in [0.15, 0.2) is 0 Å². The van der Waals surface area contributed by atoms with E-state index in [-0.39, 0.29) is 0 Å². The Hall–Kier alpha value is 0. The predicted molar refractivity (Wildman–Crippen MR) is 127 cm³/mol. The summed E-state index contributed by atoms with van der Waals surface area (Å²) in [5.74, 6) is 0. The van der Waals surface area contributed by atoms with Crippen molar-refractivity contribution in [1.29, 1.82) is 0 Å². The smallest absolute Gasteiger partial charge is 0.0297 e. The van der Waals surface area contributed by atoms with Crippen LogP contribution in [0.25, 0.3) is 0 Å². The molecule has 0 unspecified atom stereocenters. The van der Waals surface area contributed by atoms with Crippen molar-refractivity contribution in [2.45, 2.75) is 169 Å². The second-order valence-corrected chi connectivity index (χ2v) is 9.45. The van der Waals surface area contributed by atoms with Crippen LogP contribution in [0.5, 0.6) is 0 Å². The Morgan fingerprint density at radius 1 is 0.296 bits per heavy atom. The predicted octanol–water partition coefficient (Wildman–Crippen LogP) is 10.6. The van der Waals surface area contributed by atoms with Gasteiger partial charge in [0.25, 0.3) is 0 Å². The molecule has 0 aliphatic carbocycles. The zero-order valence-electron chi connectivity index (χ0n) is 20.1. The lowest BCUT2D eigenvalue weighted by atomic mass is 9.70. The normalized spacial score (nSPS) is 12.0. The first-order chi connectivity index (χ1) is 13.2. The molecule has 0 heteroatoms. The van der Waals surface area contributed by atoms with Gasteiger partial charge >= 0.3 is 0 Å². The van der Waals surface area contributed by atoms with E-state index in [9.17, 15) is 0 Å². The molecule has 0 amide bonds. The minimum absolute atomic E-state index is 0.694. The van der Waals surface area contributed by atoms with Crippen molar-refractivity contribution in [3.63, 3.8) is 0 Å². The maximum absolute atomic E-state index is 2.36. The van der Waals surface area contributed by atoms with Crippen molar-refractivity contribution >= 4 is 0 Å². The summed E-state index contributed by atoms with van der Waals surface area (Å²) in [6, 6.07) is 0. The topological polar surface area (TPSA) is 0 Å². The highest BCUT2D eigenvalue weighted by molar-refractivity contribution is 4.80. The van der Waals surface area contributed by atoms with E-state index >= 15 is 0 Å². The molecule has 0 atom stereocenters. The minimum atomic E-state index is 0.694. The lowest BCUT2D eigenvalue weighted by molar-refractivity contribution is 0.172. The van der Waals surface area contributed by atoms with Gasteiger partial charge in [0, 0.05) is 0 Å². The molecule has 0 fully saturated rings. The maximum atomic E-state index is 2.36. The van der Waals surface area contributed by atoms with Gasteiger partial charge in [-0.1, -0.05) is 143 Å². The van der Waals surface area contributed by atoms with Crippen LogP contribution in [0.1, 0.15) is 169 Å². The van der Waals surface area contributed by atoms with Gasteiger partial charge in [-0.25, -0.2) is 0 Å². The highest BCUT2D eigenvalue weighted by atomic mass is 14.3. The highest BCUT2D eigenvalue weighted by Gasteiger charge is 2.28. The van der Waals surface area contributed by atoms with Crippen molar-refractivity contribution in [3.8, 4) is 0 Å². The second kappa shape index (κ2) is 20.7. The molecule has 0 aromatic heterocycles. The summed E-state index contributed by atoms with van der Waals surface area (Å²) in [5.41, 5.74) is 0.694. The van der Waals surface area contributed by atoms with Gasteiger partial charge in [-0.3, -0.25) is 0 Å². The molecular formula is C27H56. The van der Waals surface area contributed by atoms with E-state index in [1.807, 2.05) is 0 Å². The monoisotopic (exact) mass is 380 g/mol. The van der Waals surface area contributed by atoms with E-state index in [1.54, 1.807) is 0 Å². The first kappa shape index (κ1) is 27.0. The Morgan fingerprint density at radius 3 is 0.852 bits per heavy atom. The van der Waals surface area contributed by atoms with E-state index in [2.05, 4.69) is 27.7 Å². The first-order valence-corrected chi connectivity index (χ1v) is 13.2. The van der Waals surface area contributed by atoms with Crippen LogP contribution in [-0.2, 0) is 0 Å². The molecule has 164 valence electrons. The van der Waals surface area contributed by atoms with Crippen LogP contribution >= 0.6 is 0 Å². The minimum Gasteiger partial charge on any atom is -0.0654 e. The fraction of sp³-hybridized carbons (Fsp3) is 1.00. The summed E-state index contributed by atoms with van der Waals surface area (Å²) in [6.45, 7) is 9.38. The summed E-state index contributed by atoms with van der Waals surface area (Å²) >= 11 is 0. The van der Waals surface area contributed by atoms with E-state index in [0.29, 0.717) is 5.41 Å². The molecule has 0 saturated heterocycles. The molecule has 27 heavy (non-hydrogen) atoms. The zero-order chi connectivity index (χ0) is 20.1. The van der Waals surface area contributed by atoms with Gasteiger partial charge in [0.05, 0.1) is 0 Å². The molecule has 0 nitrogen and oxygen atoms in total. The van der Waals surface area contributed by atoms with Crippen molar-refractivity contribution < 1.29 is 0 Å². The van der Waals surface area contributed by atoms with Crippen molar-refractivity contribution in [2.75, 3.05) is 0 Å². The van der Waals surface area contributed by atoms with Crippen LogP contribution in [-0.4, -0.2) is 0 Å². The van der Waals surface area contributed by atoms with Gasteiger partial charge < -0.3 is 0 Å². The highest BCUT2D eigenvalue weighted by Crippen LogP contribution is 2.42. The number of hydrogen-bond donors (Lipinski definition) is 0. The van der Waals surface area contributed by atoms with Gasteiger partial charge in [-0.05, 0) is 31.1 Å². The fourth-order valence-corrected chi connectivity index (χ4v) is 4.81. The number of hydrogen-bond acceptors (Lipinski definition) is 0. The molecule has 0 aromatic rings. The molecule has 0 spiro atoms. The molecule has 0 rings (SSSR count). The van der Waals surface area contributed by atoms with Gasteiger partial charge in [-0.2, -0.15) is 0 Å². The first-order valence-electron chi connectivity index (χ1n) is 13.2. The summed E-state index contributed by atoms with van der Waals surface area (Å²) in [4.78, 5) is 0. The fourth-order valence-electron chi connectivity index (χ4n) is 4.81. The molecule has 0 bridgehead atoms. The second-order valence-electron chi connectivity index (χ2n) is 9.45. The third kappa shape index (κ3) is 16.6. The third-order valence-corrected chi connectivity index (χ3v) is 6.74. The standard InChI is InChI=1S/C27H56/c1-5-9-13-15-16-18-22-26-27(23-19-11-7-3,24-20-12-8-4)25-21-17-14-10-6-2/h5-26H2,1-4H3. The average Bonchev–Trinajstić information content (AvgIpc) is 2.67. The van der Waals surface area contributed by atoms with Gasteiger partial charge in [-0.15, -0.1) is 0 Å². The van der Waals surface area contributed by atoms with Gasteiger partial charge in [0.2, 0.25) is 0 Å². The van der Waals surface area contributed by atoms with Gasteiger partial charge in [0.15, 0.2) is 0 Å². The van der Waals surface area contributed by atoms with E-state index < -0.39 is 0 Å². The summed E-state index contributed by atoms with van der Waals surface area (Å²) in [5, 5.41) is 0. The largest absolute Gasteiger partial charge is 0.0654 e. The molecule has 0 heterocycles. The van der Waals surface area contributed by atoms with Crippen LogP contribution in [0.3, 0.4) is 0 Å². The Morgan fingerprint density at radius 2 is 0.519 bits per heavy atom. The summed E-state index contributed by atoms with van der Waals surface area (Å²) < 4.78 is 0. The molecular weight excluding hydrogens is 324 g/mol. The summed E-state index contributed by atoms with van der Waals surface area (Å²) in [6.07, 6.45) is 32.2. The van der Waals surface area contributed by atoms with E-state index in [0.717, 1.165) is 0 Å². The lowest BCUT2D eigenvalue weighted by Crippen LogP contribution is -2.21. The average molecular weight is 381 g/mol. The van der Waals surface area contributed by atoms with E-state index in [1.165, 1.54) is 141 Å². The Labute approximate surface area is 174 Å². The SMILES string of the molecule is CCCCCCCCCC(CCCCC)(CCCCC)CCCCCCC. The van der Waals surface area contributed by atoms with Crippen LogP contribution < -0.4 is 0 Å². The Kier molecular flexibility index (Phi) is 20.7. The lowest BCUT2D eigenvalue weighted by Gasteiger charge is -2.35. The molecule has 0 aliphatic rings. The number of unbranched alkanes of at least 4 members (excludes halogenated alkanes) is 14. The van der Waals surface area contributed by atoms with Crippen molar-refractivity contribution in [1.82, 2.24) is 0 Å². The Balaban J connectivity index is 4.50. The number of rotatable bonds is 22. The van der Waals surface area contributed by atoms with Gasteiger partial charge in [0.1, 0.15) is 0 Å². The van der Waals surface area contributed by atoms with Crippen LogP contribution in [0, 0.1) is 5.41 Å². The third-order valence-electron chi connectivity index (χ3n) is 6.74. The van der Waals surface area contributed by atoms with Crippen LogP contribution in [0.4, 0.5) is 0 Å². The molecule has 0 radical (unpaired) electrons. The van der Waals surface area contributed by atoms with Crippen LogP contribution in [0.2, 0.25) is 0 Å². The molecule has 0 aliphatic heterocycles. The zero-order valence-corrected chi connectivity index (χ0v) is 20.1. The summed E-state index contributed by atoms with van der Waals surface area (Å²) in [7, 11) is 0. The quantitative estimate of drug-likeness (QED) is 0.164. The van der Waals surface area contributed by atoms with Crippen molar-refractivity contribution in [3.05, 3.63) is 0 Å². The maximum Gasteiger partial charge on any atom is -0.0297 e. The molecule has 0 aromatic carbocycles.